The van der Waals surface area contributed by atoms with Crippen LogP contribution in [0.25, 0.3) is 0 Å². The molecule has 3 aromatic carbocycles. The van der Waals surface area contributed by atoms with Crippen molar-refractivity contribution in [3.8, 4) is 0 Å². The van der Waals surface area contributed by atoms with Crippen LogP contribution in [0, 0.1) is 5.82 Å². The molecule has 7 heteroatoms. The Hall–Kier alpha value is -2.89. The first-order valence-electron chi connectivity index (χ1n) is 8.79. The molecule has 0 heterocycles. The maximum absolute atomic E-state index is 13.9. The Kier molecular flexibility index (Phi) is 6.86. The van der Waals surface area contributed by atoms with Crippen molar-refractivity contribution in [2.75, 3.05) is 5.32 Å². The molecule has 0 saturated carbocycles. The molecule has 0 fully saturated rings. The highest BCUT2D eigenvalue weighted by Gasteiger charge is 2.21. The number of carbonyl (C=O) groups excluding carboxylic acids is 2. The van der Waals surface area contributed by atoms with Gasteiger partial charge in [-0.3, -0.25) is 9.59 Å². The van der Waals surface area contributed by atoms with Gasteiger partial charge in [0.05, 0.1) is 28.7 Å². The van der Waals surface area contributed by atoms with Crippen molar-refractivity contribution >= 4 is 40.7 Å². The Bertz CT molecular complexity index is 1030. The molecular formula is C22H17Cl2FN2O2. The standard InChI is InChI=1S/C22H17Cl2FN2O2/c23-15-10-11-18(25)20(12-15)26-21(28)13-19(14-6-2-1-3-7-14)27-22(29)16-8-4-5-9-17(16)24/h1-12,19H,13H2,(H,26,28)(H,27,29). The van der Waals surface area contributed by atoms with Crippen molar-refractivity contribution in [2.24, 2.45) is 0 Å². The van der Waals surface area contributed by atoms with E-state index in [0.717, 1.165) is 5.56 Å². The number of hydrogen-bond donors (Lipinski definition) is 2. The van der Waals surface area contributed by atoms with E-state index in [2.05, 4.69) is 10.6 Å². The summed E-state index contributed by atoms with van der Waals surface area (Å²) in [5, 5.41) is 5.94. The number of rotatable bonds is 6. The quantitative estimate of drug-likeness (QED) is 0.531. The van der Waals surface area contributed by atoms with Gasteiger partial charge in [-0.15, -0.1) is 0 Å². The molecule has 1 unspecified atom stereocenters. The average Bonchev–Trinajstić information content (AvgIpc) is 2.71. The van der Waals surface area contributed by atoms with Crippen LogP contribution < -0.4 is 10.6 Å². The molecule has 29 heavy (non-hydrogen) atoms. The van der Waals surface area contributed by atoms with Gasteiger partial charge < -0.3 is 10.6 Å². The number of hydrogen-bond acceptors (Lipinski definition) is 2. The fraction of sp³-hybridized carbons (Fsp3) is 0.0909. The van der Waals surface area contributed by atoms with Gasteiger partial charge in [0.1, 0.15) is 5.82 Å². The van der Waals surface area contributed by atoms with Gasteiger partial charge in [-0.1, -0.05) is 65.7 Å². The molecule has 0 aliphatic carbocycles. The van der Waals surface area contributed by atoms with Crippen LogP contribution in [0.1, 0.15) is 28.4 Å². The first-order valence-corrected chi connectivity index (χ1v) is 9.55. The molecule has 3 rings (SSSR count). The lowest BCUT2D eigenvalue weighted by Gasteiger charge is -2.19. The second kappa shape index (κ2) is 9.54. The molecule has 0 aromatic heterocycles. The van der Waals surface area contributed by atoms with Crippen LogP contribution in [-0.2, 0) is 4.79 Å². The van der Waals surface area contributed by atoms with Gasteiger partial charge in [-0.2, -0.15) is 0 Å². The molecule has 4 nitrogen and oxygen atoms in total. The maximum atomic E-state index is 13.9. The van der Waals surface area contributed by atoms with E-state index in [1.54, 1.807) is 48.5 Å². The molecule has 0 spiro atoms. The zero-order chi connectivity index (χ0) is 20.8. The van der Waals surface area contributed by atoms with Gasteiger partial charge in [0.25, 0.3) is 5.91 Å². The van der Waals surface area contributed by atoms with Crippen LogP contribution in [0.5, 0.6) is 0 Å². The molecule has 2 amide bonds. The smallest absolute Gasteiger partial charge is 0.253 e. The van der Waals surface area contributed by atoms with Crippen molar-refractivity contribution in [3.63, 3.8) is 0 Å². The lowest BCUT2D eigenvalue weighted by atomic mass is 10.0. The van der Waals surface area contributed by atoms with E-state index in [-0.39, 0.29) is 12.1 Å². The van der Waals surface area contributed by atoms with Crippen molar-refractivity contribution < 1.29 is 14.0 Å². The number of amides is 2. The summed E-state index contributed by atoms with van der Waals surface area (Å²) < 4.78 is 13.9. The first kappa shape index (κ1) is 20.8. The fourth-order valence-electron chi connectivity index (χ4n) is 2.80. The Morgan fingerprint density at radius 1 is 0.931 bits per heavy atom. The van der Waals surface area contributed by atoms with E-state index in [0.29, 0.717) is 15.6 Å². The molecule has 0 aliphatic rings. The molecule has 0 bridgehead atoms. The van der Waals surface area contributed by atoms with Crippen molar-refractivity contribution in [1.82, 2.24) is 5.32 Å². The summed E-state index contributed by atoms with van der Waals surface area (Å²) in [6.07, 6.45) is -0.105. The highest BCUT2D eigenvalue weighted by molar-refractivity contribution is 6.33. The number of carbonyl (C=O) groups is 2. The molecule has 0 saturated heterocycles. The van der Waals surface area contributed by atoms with Gasteiger partial charge in [-0.05, 0) is 35.9 Å². The fourth-order valence-corrected chi connectivity index (χ4v) is 3.19. The third-order valence-corrected chi connectivity index (χ3v) is 4.78. The van der Waals surface area contributed by atoms with E-state index in [4.69, 9.17) is 23.2 Å². The minimum Gasteiger partial charge on any atom is -0.345 e. The maximum Gasteiger partial charge on any atom is 0.253 e. The molecule has 1 atom stereocenters. The van der Waals surface area contributed by atoms with Gasteiger partial charge in [0, 0.05) is 5.02 Å². The summed E-state index contributed by atoms with van der Waals surface area (Å²) in [5.74, 6) is -1.48. The molecular weight excluding hydrogens is 414 g/mol. The average molecular weight is 431 g/mol. The van der Waals surface area contributed by atoms with Crippen molar-refractivity contribution in [2.45, 2.75) is 12.5 Å². The number of halogens is 3. The van der Waals surface area contributed by atoms with Crippen LogP contribution in [0.2, 0.25) is 10.0 Å². The Morgan fingerprint density at radius 3 is 2.34 bits per heavy atom. The van der Waals surface area contributed by atoms with Crippen molar-refractivity contribution in [3.05, 3.63) is 99.8 Å². The third-order valence-electron chi connectivity index (χ3n) is 4.22. The van der Waals surface area contributed by atoms with E-state index in [1.165, 1.54) is 18.2 Å². The van der Waals surface area contributed by atoms with Gasteiger partial charge >= 0.3 is 0 Å². The van der Waals surface area contributed by atoms with Crippen molar-refractivity contribution in [1.29, 1.82) is 0 Å². The monoisotopic (exact) mass is 430 g/mol. The van der Waals surface area contributed by atoms with E-state index in [1.807, 2.05) is 6.07 Å². The summed E-state index contributed by atoms with van der Waals surface area (Å²) in [4.78, 5) is 25.2. The second-order valence-corrected chi connectivity index (χ2v) is 7.14. The van der Waals surface area contributed by atoms with E-state index < -0.39 is 23.7 Å². The molecule has 148 valence electrons. The minimum atomic E-state index is -0.637. The predicted octanol–water partition coefficient (Wildman–Crippen LogP) is 5.63. The summed E-state index contributed by atoms with van der Waals surface area (Å²) in [5.41, 5.74) is 1.01. The highest BCUT2D eigenvalue weighted by atomic mass is 35.5. The second-order valence-electron chi connectivity index (χ2n) is 6.29. The molecule has 0 aliphatic heterocycles. The summed E-state index contributed by atoms with van der Waals surface area (Å²) in [7, 11) is 0. The highest BCUT2D eigenvalue weighted by Crippen LogP contribution is 2.23. The van der Waals surface area contributed by atoms with Gasteiger partial charge in [0.15, 0.2) is 0 Å². The Labute approximate surface area is 177 Å². The summed E-state index contributed by atoms with van der Waals surface area (Å²) in [6.45, 7) is 0. The van der Waals surface area contributed by atoms with Crippen LogP contribution in [-0.4, -0.2) is 11.8 Å². The minimum absolute atomic E-state index is 0.0215. The number of nitrogens with one attached hydrogen (secondary N) is 2. The Balaban J connectivity index is 1.79. The van der Waals surface area contributed by atoms with Gasteiger partial charge in [0.2, 0.25) is 5.91 Å². The molecule has 2 N–H and O–H groups in total. The molecule has 0 radical (unpaired) electrons. The SMILES string of the molecule is O=C(CC(NC(=O)c1ccccc1Cl)c1ccccc1)Nc1cc(Cl)ccc1F. The third kappa shape index (κ3) is 5.56. The lowest BCUT2D eigenvalue weighted by molar-refractivity contribution is -0.116. The first-order chi connectivity index (χ1) is 13.9. The summed E-state index contributed by atoms with van der Waals surface area (Å²) >= 11 is 12.0. The number of benzene rings is 3. The van der Waals surface area contributed by atoms with Gasteiger partial charge in [-0.25, -0.2) is 4.39 Å². The van der Waals surface area contributed by atoms with Crippen LogP contribution in [0.15, 0.2) is 72.8 Å². The predicted molar refractivity (Wildman–Crippen MR) is 113 cm³/mol. The molecule has 3 aromatic rings. The van der Waals surface area contributed by atoms with Crippen LogP contribution >= 0.6 is 23.2 Å². The van der Waals surface area contributed by atoms with Crippen LogP contribution in [0.3, 0.4) is 0 Å². The summed E-state index contributed by atoms with van der Waals surface area (Å²) in [6, 6.07) is 18.9. The normalized spacial score (nSPS) is 11.6. The van der Waals surface area contributed by atoms with E-state index >= 15 is 0 Å². The number of anilines is 1. The Morgan fingerprint density at radius 2 is 1.62 bits per heavy atom. The lowest BCUT2D eigenvalue weighted by Crippen LogP contribution is -2.31. The zero-order valence-corrected chi connectivity index (χ0v) is 16.7. The van der Waals surface area contributed by atoms with Crippen LogP contribution in [0.4, 0.5) is 10.1 Å². The largest absolute Gasteiger partial charge is 0.345 e. The topological polar surface area (TPSA) is 58.2 Å². The zero-order valence-electron chi connectivity index (χ0n) is 15.2. The van der Waals surface area contributed by atoms with E-state index in [9.17, 15) is 14.0 Å².